The molecule has 0 aromatic heterocycles. The Labute approximate surface area is 199 Å². The maximum Gasteiger partial charge on any atom is 0.338 e. The average Bonchev–Trinajstić information content (AvgIpc) is 3.04. The molecule has 34 heavy (non-hydrogen) atoms. The van der Waals surface area contributed by atoms with Gasteiger partial charge in [0, 0.05) is 43.0 Å². The summed E-state index contributed by atoms with van der Waals surface area (Å²) in [7, 11) is -1.84. The lowest BCUT2D eigenvalue weighted by molar-refractivity contribution is -0.117. The number of nitrogens with zero attached hydrogens (tertiary/aromatic N) is 2. The SMILES string of the molecule is CN1/C(=C/C(=O)COC(=O)c2cccc(S(=O)(=O)N3CCOCC3)c2)C(C)(C)c2ccccc21. The molecule has 0 N–H and O–H groups in total. The highest BCUT2D eigenvalue weighted by Crippen LogP contribution is 2.46. The Hall–Kier alpha value is -3.01. The zero-order chi connectivity index (χ0) is 24.5. The highest BCUT2D eigenvalue weighted by atomic mass is 32.2. The van der Waals surface area contributed by atoms with Crippen LogP contribution in [0.15, 0.2) is 65.2 Å². The number of benzene rings is 2. The van der Waals surface area contributed by atoms with E-state index in [0.717, 1.165) is 16.9 Å². The summed E-state index contributed by atoms with van der Waals surface area (Å²) in [5.41, 5.74) is 2.66. The molecule has 2 aromatic rings. The molecule has 2 aromatic carbocycles. The number of likely N-dealkylation sites (N-methyl/N-ethyl adjacent to an activating group) is 1. The van der Waals surface area contributed by atoms with Crippen molar-refractivity contribution in [3.63, 3.8) is 0 Å². The second-order valence-electron chi connectivity index (χ2n) is 8.82. The van der Waals surface area contributed by atoms with Crippen LogP contribution in [0, 0.1) is 0 Å². The van der Waals surface area contributed by atoms with Gasteiger partial charge in [-0.3, -0.25) is 4.79 Å². The number of fused-ring (bicyclic) bond motifs is 1. The van der Waals surface area contributed by atoms with Gasteiger partial charge in [-0.15, -0.1) is 0 Å². The molecule has 0 unspecified atom stereocenters. The molecule has 0 radical (unpaired) electrons. The lowest BCUT2D eigenvalue weighted by atomic mass is 9.83. The van der Waals surface area contributed by atoms with Crippen LogP contribution in [-0.4, -0.2) is 64.4 Å². The number of para-hydroxylation sites is 1. The zero-order valence-electron chi connectivity index (χ0n) is 19.5. The summed E-state index contributed by atoms with van der Waals surface area (Å²) in [5, 5.41) is 0. The molecule has 8 nitrogen and oxygen atoms in total. The Morgan fingerprint density at radius 2 is 1.79 bits per heavy atom. The molecule has 0 spiro atoms. The summed E-state index contributed by atoms with van der Waals surface area (Å²) in [6.07, 6.45) is 1.51. The lowest BCUT2D eigenvalue weighted by Gasteiger charge is -2.26. The van der Waals surface area contributed by atoms with Crippen molar-refractivity contribution >= 4 is 27.5 Å². The van der Waals surface area contributed by atoms with E-state index in [1.807, 2.05) is 50.1 Å². The van der Waals surface area contributed by atoms with Crippen LogP contribution in [0.2, 0.25) is 0 Å². The van der Waals surface area contributed by atoms with E-state index in [9.17, 15) is 18.0 Å². The highest BCUT2D eigenvalue weighted by Gasteiger charge is 2.38. The number of rotatable bonds is 6. The first-order valence-corrected chi connectivity index (χ1v) is 12.5. The molecule has 9 heteroatoms. The minimum absolute atomic E-state index is 0.00406. The largest absolute Gasteiger partial charge is 0.454 e. The molecule has 2 heterocycles. The molecule has 180 valence electrons. The van der Waals surface area contributed by atoms with Crippen LogP contribution < -0.4 is 4.90 Å². The van der Waals surface area contributed by atoms with Gasteiger partial charge in [-0.05, 0) is 29.8 Å². The predicted molar refractivity (Wildman–Crippen MR) is 127 cm³/mol. The van der Waals surface area contributed by atoms with Crippen LogP contribution >= 0.6 is 0 Å². The predicted octanol–water partition coefficient (Wildman–Crippen LogP) is 2.74. The van der Waals surface area contributed by atoms with Gasteiger partial charge >= 0.3 is 5.97 Å². The maximum atomic E-state index is 12.9. The van der Waals surface area contributed by atoms with Gasteiger partial charge in [0.15, 0.2) is 12.4 Å². The first-order valence-electron chi connectivity index (χ1n) is 11.1. The zero-order valence-corrected chi connectivity index (χ0v) is 20.3. The maximum absolute atomic E-state index is 12.9. The summed E-state index contributed by atoms with van der Waals surface area (Å²) < 4.78 is 37.5. The number of allylic oxidation sites excluding steroid dienone is 1. The van der Waals surface area contributed by atoms with Crippen molar-refractivity contribution in [3.05, 3.63) is 71.4 Å². The van der Waals surface area contributed by atoms with Crippen LogP contribution in [0.3, 0.4) is 0 Å². The van der Waals surface area contributed by atoms with Crippen molar-refractivity contribution in [1.82, 2.24) is 4.31 Å². The molecule has 0 atom stereocenters. The van der Waals surface area contributed by atoms with Crippen molar-refractivity contribution in [2.75, 3.05) is 44.9 Å². The quantitative estimate of drug-likeness (QED) is 0.460. The number of morpholine rings is 1. The van der Waals surface area contributed by atoms with E-state index < -0.39 is 22.6 Å². The van der Waals surface area contributed by atoms with Crippen LogP contribution in [0.1, 0.15) is 29.8 Å². The van der Waals surface area contributed by atoms with Crippen molar-refractivity contribution in [1.29, 1.82) is 0 Å². The van der Waals surface area contributed by atoms with Crippen molar-refractivity contribution in [3.8, 4) is 0 Å². The summed E-state index contributed by atoms with van der Waals surface area (Å²) in [6.45, 7) is 4.82. The normalized spacial score (nSPS) is 19.1. The molecular formula is C25H28N2O6S. The standard InChI is InChI=1S/C25H28N2O6S/c1-25(2)21-9-4-5-10-22(21)26(3)23(25)16-19(28)17-33-24(29)18-7-6-8-20(15-18)34(30,31)27-11-13-32-14-12-27/h4-10,15-16H,11-14,17H2,1-3H3/b23-16+. The number of esters is 1. The Morgan fingerprint density at radius 3 is 2.50 bits per heavy atom. The van der Waals surface area contributed by atoms with Crippen LogP contribution in [-0.2, 0) is 29.7 Å². The molecule has 1 fully saturated rings. The second kappa shape index (κ2) is 9.32. The van der Waals surface area contributed by atoms with Crippen LogP contribution in [0.5, 0.6) is 0 Å². The number of carbonyl (C=O) groups excluding carboxylic acids is 2. The molecule has 0 saturated carbocycles. The Bertz CT molecular complexity index is 1250. The summed E-state index contributed by atoms with van der Waals surface area (Å²) in [6, 6.07) is 13.6. The Morgan fingerprint density at radius 1 is 1.09 bits per heavy atom. The number of carbonyl (C=O) groups is 2. The molecule has 2 aliphatic heterocycles. The van der Waals surface area contributed by atoms with Gasteiger partial charge in [0.1, 0.15) is 0 Å². The van der Waals surface area contributed by atoms with Crippen molar-refractivity contribution < 1.29 is 27.5 Å². The van der Waals surface area contributed by atoms with E-state index in [4.69, 9.17) is 9.47 Å². The van der Waals surface area contributed by atoms with Crippen LogP contribution in [0.25, 0.3) is 0 Å². The van der Waals surface area contributed by atoms with Crippen LogP contribution in [0.4, 0.5) is 5.69 Å². The number of ether oxygens (including phenoxy) is 2. The molecule has 1 saturated heterocycles. The van der Waals surface area contributed by atoms with Crippen molar-refractivity contribution in [2.45, 2.75) is 24.2 Å². The van der Waals surface area contributed by atoms with E-state index >= 15 is 0 Å². The first-order chi connectivity index (χ1) is 16.1. The molecular weight excluding hydrogens is 456 g/mol. The van der Waals surface area contributed by atoms with Gasteiger partial charge in [0.05, 0.1) is 23.7 Å². The summed E-state index contributed by atoms with van der Waals surface area (Å²) in [4.78, 5) is 27.2. The summed E-state index contributed by atoms with van der Waals surface area (Å²) >= 11 is 0. The fourth-order valence-corrected chi connectivity index (χ4v) is 5.85. The van der Waals surface area contributed by atoms with E-state index in [1.54, 1.807) is 0 Å². The number of hydrogen-bond donors (Lipinski definition) is 0. The van der Waals surface area contributed by atoms with Gasteiger partial charge in [-0.1, -0.05) is 38.1 Å². The second-order valence-corrected chi connectivity index (χ2v) is 10.8. The van der Waals surface area contributed by atoms with Crippen molar-refractivity contribution in [2.24, 2.45) is 0 Å². The topological polar surface area (TPSA) is 93.2 Å². The number of anilines is 1. The average molecular weight is 485 g/mol. The molecule has 0 amide bonds. The third-order valence-corrected chi connectivity index (χ3v) is 8.16. The van der Waals surface area contributed by atoms with Gasteiger partial charge in [0.25, 0.3) is 0 Å². The smallest absolute Gasteiger partial charge is 0.338 e. The minimum Gasteiger partial charge on any atom is -0.454 e. The third kappa shape index (κ3) is 4.51. The lowest BCUT2D eigenvalue weighted by Crippen LogP contribution is -2.40. The Kier molecular flexibility index (Phi) is 6.62. The van der Waals surface area contributed by atoms with Gasteiger partial charge in [0.2, 0.25) is 10.0 Å². The number of ketones is 1. The van der Waals surface area contributed by atoms with E-state index in [1.165, 1.54) is 34.6 Å². The first kappa shape index (κ1) is 24.1. The number of hydrogen-bond acceptors (Lipinski definition) is 7. The van der Waals surface area contributed by atoms with E-state index in [2.05, 4.69) is 0 Å². The summed E-state index contributed by atoms with van der Waals surface area (Å²) in [5.74, 6) is -1.11. The number of sulfonamides is 1. The minimum atomic E-state index is -3.75. The Balaban J connectivity index is 1.44. The van der Waals surface area contributed by atoms with E-state index in [0.29, 0.717) is 13.2 Å². The van der Waals surface area contributed by atoms with Gasteiger partial charge in [-0.25, -0.2) is 13.2 Å². The monoisotopic (exact) mass is 484 g/mol. The van der Waals surface area contributed by atoms with E-state index in [-0.39, 0.29) is 34.7 Å². The highest BCUT2D eigenvalue weighted by molar-refractivity contribution is 7.89. The molecule has 2 aliphatic rings. The fourth-order valence-electron chi connectivity index (χ4n) is 4.39. The van der Waals surface area contributed by atoms with Gasteiger partial charge in [-0.2, -0.15) is 4.31 Å². The van der Waals surface area contributed by atoms with Gasteiger partial charge < -0.3 is 14.4 Å². The molecule has 0 aliphatic carbocycles. The molecule has 0 bridgehead atoms. The fraction of sp³-hybridized carbons (Fsp3) is 0.360. The third-order valence-electron chi connectivity index (χ3n) is 6.26. The molecule has 4 rings (SSSR count).